The Hall–Kier alpha value is -3.35. The molecule has 0 spiro atoms. The lowest BCUT2D eigenvalue weighted by atomic mass is 10.1. The van der Waals surface area contributed by atoms with Crippen LogP contribution in [0.2, 0.25) is 0 Å². The van der Waals surface area contributed by atoms with E-state index < -0.39 is 17.9 Å². The maximum absolute atomic E-state index is 12.4. The highest BCUT2D eigenvalue weighted by Gasteiger charge is 2.34. The van der Waals surface area contributed by atoms with Crippen LogP contribution in [0.25, 0.3) is 0 Å². The third-order valence-corrected chi connectivity index (χ3v) is 4.80. The Morgan fingerprint density at radius 1 is 1.07 bits per heavy atom. The molecule has 29 heavy (non-hydrogen) atoms. The van der Waals surface area contributed by atoms with E-state index in [9.17, 15) is 14.4 Å². The van der Waals surface area contributed by atoms with Crippen molar-refractivity contribution in [3.8, 4) is 5.75 Å². The summed E-state index contributed by atoms with van der Waals surface area (Å²) in [6.07, 6.45) is -0.146. The van der Waals surface area contributed by atoms with Crippen LogP contribution < -0.4 is 15.6 Å². The number of hydrazine groups is 1. The van der Waals surface area contributed by atoms with Gasteiger partial charge < -0.3 is 9.64 Å². The molecular weight excluding hydrogens is 370 g/mol. The molecule has 3 rings (SSSR count). The first-order valence-corrected chi connectivity index (χ1v) is 9.70. The van der Waals surface area contributed by atoms with Crippen LogP contribution in [0.5, 0.6) is 5.75 Å². The molecule has 2 N–H and O–H groups in total. The third-order valence-electron chi connectivity index (χ3n) is 4.80. The van der Waals surface area contributed by atoms with Crippen molar-refractivity contribution in [1.82, 2.24) is 15.8 Å². The number of hydrogen-bond acceptors (Lipinski definition) is 4. The van der Waals surface area contributed by atoms with Gasteiger partial charge >= 0.3 is 0 Å². The van der Waals surface area contributed by atoms with Gasteiger partial charge in [-0.05, 0) is 24.1 Å². The summed E-state index contributed by atoms with van der Waals surface area (Å²) in [5.41, 5.74) is 5.86. The predicted molar refractivity (Wildman–Crippen MR) is 107 cm³/mol. The van der Waals surface area contributed by atoms with E-state index in [4.69, 9.17) is 4.74 Å². The number of likely N-dealkylation sites (tertiary alicyclic amines) is 1. The summed E-state index contributed by atoms with van der Waals surface area (Å²) in [7, 11) is 0. The molecule has 2 atom stereocenters. The van der Waals surface area contributed by atoms with Gasteiger partial charge in [0, 0.05) is 19.5 Å². The van der Waals surface area contributed by atoms with Gasteiger partial charge in [0.1, 0.15) is 5.75 Å². The molecule has 2 unspecified atom stereocenters. The van der Waals surface area contributed by atoms with Gasteiger partial charge in [-0.2, -0.15) is 0 Å². The average molecular weight is 395 g/mol. The second kappa shape index (κ2) is 9.73. The summed E-state index contributed by atoms with van der Waals surface area (Å²) in [5, 5.41) is 0. The van der Waals surface area contributed by atoms with Gasteiger partial charge in [0.2, 0.25) is 11.8 Å². The second-order valence-electron chi connectivity index (χ2n) is 6.97. The molecule has 7 heteroatoms. The third kappa shape index (κ3) is 5.57. The molecular formula is C22H25N3O4. The van der Waals surface area contributed by atoms with E-state index in [0.717, 1.165) is 5.56 Å². The van der Waals surface area contributed by atoms with Crippen LogP contribution in [0.3, 0.4) is 0 Å². The zero-order valence-electron chi connectivity index (χ0n) is 16.3. The number of benzene rings is 2. The van der Waals surface area contributed by atoms with Crippen LogP contribution in [-0.2, 0) is 20.9 Å². The van der Waals surface area contributed by atoms with E-state index in [-0.39, 0.29) is 18.2 Å². The number of rotatable bonds is 7. The molecule has 152 valence electrons. The summed E-state index contributed by atoms with van der Waals surface area (Å²) >= 11 is 0. The van der Waals surface area contributed by atoms with Crippen molar-refractivity contribution >= 4 is 17.7 Å². The highest BCUT2D eigenvalue weighted by molar-refractivity contribution is 5.91. The Labute approximate surface area is 170 Å². The maximum atomic E-state index is 12.4. The Morgan fingerprint density at radius 3 is 2.38 bits per heavy atom. The first kappa shape index (κ1) is 20.4. The van der Waals surface area contributed by atoms with Gasteiger partial charge in [-0.3, -0.25) is 25.2 Å². The number of para-hydroxylation sites is 1. The predicted octanol–water partition coefficient (Wildman–Crippen LogP) is 2.04. The minimum atomic E-state index is -0.725. The molecule has 0 bridgehead atoms. The van der Waals surface area contributed by atoms with Crippen molar-refractivity contribution < 1.29 is 19.1 Å². The summed E-state index contributed by atoms with van der Waals surface area (Å²) in [5.74, 6) is -0.799. The number of hydrogen-bond donors (Lipinski definition) is 2. The Kier molecular flexibility index (Phi) is 6.84. The molecule has 1 heterocycles. The van der Waals surface area contributed by atoms with Gasteiger partial charge in [-0.25, -0.2) is 0 Å². The van der Waals surface area contributed by atoms with E-state index >= 15 is 0 Å². The van der Waals surface area contributed by atoms with Crippen LogP contribution in [0, 0.1) is 5.92 Å². The van der Waals surface area contributed by atoms with E-state index in [0.29, 0.717) is 25.3 Å². The van der Waals surface area contributed by atoms with Crippen molar-refractivity contribution in [3.63, 3.8) is 0 Å². The smallest absolute Gasteiger partial charge is 0.279 e. The highest BCUT2D eigenvalue weighted by atomic mass is 16.5. The van der Waals surface area contributed by atoms with E-state index in [2.05, 4.69) is 10.9 Å². The molecule has 3 amide bonds. The first-order chi connectivity index (χ1) is 14.1. The fourth-order valence-electron chi connectivity index (χ4n) is 3.20. The summed E-state index contributed by atoms with van der Waals surface area (Å²) in [6, 6.07) is 18.7. The number of ether oxygens (including phenoxy) is 1. The van der Waals surface area contributed by atoms with E-state index in [1.54, 1.807) is 17.0 Å². The van der Waals surface area contributed by atoms with Crippen molar-refractivity contribution in [2.45, 2.75) is 32.4 Å². The lowest BCUT2D eigenvalue weighted by molar-refractivity contribution is -0.134. The SMILES string of the molecule is CCC(Oc1ccccc1)C(=O)NNC(=O)C1CC(=O)N(Cc2ccccc2)C1. The molecule has 2 aromatic rings. The topological polar surface area (TPSA) is 87.7 Å². The van der Waals surface area contributed by atoms with Gasteiger partial charge in [0.15, 0.2) is 6.10 Å². The zero-order valence-corrected chi connectivity index (χ0v) is 16.3. The van der Waals surface area contributed by atoms with Gasteiger partial charge in [0.05, 0.1) is 5.92 Å². The van der Waals surface area contributed by atoms with Crippen LogP contribution in [0.15, 0.2) is 60.7 Å². The fourth-order valence-corrected chi connectivity index (χ4v) is 3.20. The number of carbonyl (C=O) groups excluding carboxylic acids is 3. The fraction of sp³-hybridized carbons (Fsp3) is 0.318. The van der Waals surface area contributed by atoms with Crippen LogP contribution >= 0.6 is 0 Å². The average Bonchev–Trinajstić information content (AvgIpc) is 3.11. The Bertz CT molecular complexity index is 842. The minimum absolute atomic E-state index is 0.0702. The number of carbonyl (C=O) groups is 3. The molecule has 1 fully saturated rings. The normalized spacial score (nSPS) is 16.9. The van der Waals surface area contributed by atoms with Gasteiger partial charge in [-0.15, -0.1) is 0 Å². The number of amides is 3. The molecule has 2 aromatic carbocycles. The Morgan fingerprint density at radius 2 is 1.72 bits per heavy atom. The molecule has 1 saturated heterocycles. The standard InChI is InChI=1S/C22H25N3O4/c1-2-19(29-18-11-7-4-8-12-18)22(28)24-23-21(27)17-13-20(26)25(15-17)14-16-9-5-3-6-10-16/h3-12,17,19H,2,13-15H2,1H3,(H,23,27)(H,24,28). The van der Waals surface area contributed by atoms with Crippen LogP contribution in [-0.4, -0.2) is 35.3 Å². The largest absolute Gasteiger partial charge is 0.481 e. The summed E-state index contributed by atoms with van der Waals surface area (Å²) in [6.45, 7) is 2.62. The van der Waals surface area contributed by atoms with Crippen molar-refractivity contribution in [2.75, 3.05) is 6.54 Å². The van der Waals surface area contributed by atoms with Crippen LogP contribution in [0.1, 0.15) is 25.3 Å². The Balaban J connectivity index is 1.48. The number of nitrogens with zero attached hydrogens (tertiary/aromatic N) is 1. The van der Waals surface area contributed by atoms with Crippen LogP contribution in [0.4, 0.5) is 0 Å². The molecule has 7 nitrogen and oxygen atoms in total. The quantitative estimate of drug-likeness (QED) is 0.703. The zero-order chi connectivity index (χ0) is 20.6. The molecule has 1 aliphatic rings. The monoisotopic (exact) mass is 395 g/mol. The molecule has 0 saturated carbocycles. The first-order valence-electron chi connectivity index (χ1n) is 9.70. The van der Waals surface area contributed by atoms with E-state index in [1.165, 1.54) is 0 Å². The van der Waals surface area contributed by atoms with Crippen molar-refractivity contribution in [3.05, 3.63) is 66.2 Å². The highest BCUT2D eigenvalue weighted by Crippen LogP contribution is 2.20. The molecule has 1 aliphatic heterocycles. The summed E-state index contributed by atoms with van der Waals surface area (Å²) in [4.78, 5) is 38.6. The summed E-state index contributed by atoms with van der Waals surface area (Å²) < 4.78 is 5.66. The second-order valence-corrected chi connectivity index (χ2v) is 6.97. The van der Waals surface area contributed by atoms with E-state index in [1.807, 2.05) is 55.5 Å². The number of nitrogens with one attached hydrogen (secondary N) is 2. The lowest BCUT2D eigenvalue weighted by Crippen LogP contribution is -2.50. The van der Waals surface area contributed by atoms with Crippen molar-refractivity contribution in [1.29, 1.82) is 0 Å². The van der Waals surface area contributed by atoms with Crippen molar-refractivity contribution in [2.24, 2.45) is 5.92 Å². The molecule has 0 radical (unpaired) electrons. The van der Waals surface area contributed by atoms with Gasteiger partial charge in [-0.1, -0.05) is 55.5 Å². The molecule has 0 aromatic heterocycles. The molecule has 0 aliphatic carbocycles. The minimum Gasteiger partial charge on any atom is -0.481 e. The van der Waals surface area contributed by atoms with Gasteiger partial charge in [0.25, 0.3) is 5.91 Å². The lowest BCUT2D eigenvalue weighted by Gasteiger charge is -2.19. The maximum Gasteiger partial charge on any atom is 0.279 e.